The molecule has 0 aliphatic heterocycles. The van der Waals surface area contributed by atoms with Gasteiger partial charge in [-0.1, -0.05) is 26.0 Å². The Kier molecular flexibility index (Phi) is 6.88. The molecule has 1 amide bonds. The van der Waals surface area contributed by atoms with E-state index in [4.69, 9.17) is 0 Å². The Bertz CT molecular complexity index is 848. The van der Waals surface area contributed by atoms with E-state index < -0.39 is 10.0 Å². The summed E-state index contributed by atoms with van der Waals surface area (Å²) in [5.41, 5.74) is 2.00. The molecule has 1 heterocycles. The molecule has 1 N–H and O–H groups in total. The van der Waals surface area contributed by atoms with E-state index in [-0.39, 0.29) is 10.8 Å². The van der Waals surface area contributed by atoms with Gasteiger partial charge in [0.25, 0.3) is 5.91 Å². The molecule has 7 heteroatoms. The molecule has 0 spiro atoms. The van der Waals surface area contributed by atoms with E-state index in [0.717, 1.165) is 5.56 Å². The zero-order valence-electron chi connectivity index (χ0n) is 15.4. The fourth-order valence-corrected chi connectivity index (χ4v) is 4.40. The summed E-state index contributed by atoms with van der Waals surface area (Å²) in [6.07, 6.45) is 4.12. The average Bonchev–Trinajstić information content (AvgIpc) is 2.63. The van der Waals surface area contributed by atoms with Crippen LogP contribution in [0.15, 0.2) is 47.6 Å². The van der Waals surface area contributed by atoms with E-state index in [1.165, 1.54) is 10.4 Å². The normalized spacial score (nSPS) is 11.5. The topological polar surface area (TPSA) is 79.4 Å². The third kappa shape index (κ3) is 4.68. The lowest BCUT2D eigenvalue weighted by atomic mass is 10.1. The van der Waals surface area contributed by atoms with Gasteiger partial charge in [-0.25, -0.2) is 8.42 Å². The smallest absolute Gasteiger partial charge is 0.251 e. The maximum Gasteiger partial charge on any atom is 0.251 e. The number of benzene rings is 1. The SMILES string of the molecule is CCN(CC)S(=O)(=O)c1cc(C(=O)NCCc2cccnc2)ccc1C. The molecule has 2 aromatic rings. The molecule has 0 aliphatic rings. The van der Waals surface area contributed by atoms with E-state index in [1.54, 1.807) is 45.3 Å². The number of carbonyl (C=O) groups is 1. The molecular formula is C19H25N3O3S. The maximum atomic E-state index is 12.8. The van der Waals surface area contributed by atoms with Gasteiger partial charge >= 0.3 is 0 Å². The monoisotopic (exact) mass is 375 g/mol. The highest BCUT2D eigenvalue weighted by molar-refractivity contribution is 7.89. The summed E-state index contributed by atoms with van der Waals surface area (Å²) in [6, 6.07) is 8.58. The number of rotatable bonds is 8. The molecule has 2 rings (SSSR count). The second-order valence-electron chi connectivity index (χ2n) is 5.94. The third-order valence-electron chi connectivity index (χ3n) is 4.20. The molecule has 0 saturated carbocycles. The Balaban J connectivity index is 2.14. The number of nitrogens with zero attached hydrogens (tertiary/aromatic N) is 2. The van der Waals surface area contributed by atoms with Crippen LogP contribution in [0, 0.1) is 6.92 Å². The van der Waals surface area contributed by atoms with Gasteiger partial charge in [0.2, 0.25) is 10.0 Å². The number of aromatic nitrogens is 1. The molecule has 26 heavy (non-hydrogen) atoms. The summed E-state index contributed by atoms with van der Waals surface area (Å²) in [5.74, 6) is -0.287. The van der Waals surface area contributed by atoms with Gasteiger partial charge in [0.15, 0.2) is 0 Å². The third-order valence-corrected chi connectivity index (χ3v) is 6.39. The lowest BCUT2D eigenvalue weighted by Crippen LogP contribution is -2.31. The average molecular weight is 375 g/mol. The molecule has 0 unspecified atom stereocenters. The van der Waals surface area contributed by atoms with Crippen LogP contribution in [0.2, 0.25) is 0 Å². The summed E-state index contributed by atoms with van der Waals surface area (Å²) in [7, 11) is -3.61. The first-order chi connectivity index (χ1) is 12.4. The van der Waals surface area contributed by atoms with E-state index in [0.29, 0.717) is 37.2 Å². The van der Waals surface area contributed by atoms with Crippen molar-refractivity contribution in [2.24, 2.45) is 0 Å². The largest absolute Gasteiger partial charge is 0.352 e. The number of aryl methyl sites for hydroxylation is 1. The van der Waals surface area contributed by atoms with Crippen molar-refractivity contribution < 1.29 is 13.2 Å². The van der Waals surface area contributed by atoms with Crippen LogP contribution in [0.4, 0.5) is 0 Å². The second-order valence-corrected chi connectivity index (χ2v) is 7.84. The van der Waals surface area contributed by atoms with E-state index in [1.807, 2.05) is 12.1 Å². The summed E-state index contributed by atoms with van der Waals surface area (Å²) in [5, 5.41) is 2.83. The van der Waals surface area contributed by atoms with Gasteiger partial charge < -0.3 is 5.32 Å². The van der Waals surface area contributed by atoms with Crippen molar-refractivity contribution in [3.8, 4) is 0 Å². The Labute approximate surface area is 155 Å². The van der Waals surface area contributed by atoms with Gasteiger partial charge in [0.1, 0.15) is 0 Å². The predicted molar refractivity (Wildman–Crippen MR) is 102 cm³/mol. The molecule has 0 aliphatic carbocycles. The van der Waals surface area contributed by atoms with Crippen LogP contribution in [0.5, 0.6) is 0 Å². The molecule has 140 valence electrons. The molecular weight excluding hydrogens is 350 g/mol. The number of hydrogen-bond acceptors (Lipinski definition) is 4. The molecule has 0 saturated heterocycles. The lowest BCUT2D eigenvalue weighted by molar-refractivity contribution is 0.0954. The predicted octanol–water partition coefficient (Wildman–Crippen LogP) is 2.39. The minimum Gasteiger partial charge on any atom is -0.352 e. The molecule has 1 aromatic carbocycles. The van der Waals surface area contributed by atoms with Crippen LogP contribution in [-0.2, 0) is 16.4 Å². The van der Waals surface area contributed by atoms with Crippen molar-refractivity contribution in [2.75, 3.05) is 19.6 Å². The molecule has 6 nitrogen and oxygen atoms in total. The summed E-state index contributed by atoms with van der Waals surface area (Å²) in [6.45, 7) is 6.56. The van der Waals surface area contributed by atoms with E-state index >= 15 is 0 Å². The molecule has 0 bridgehead atoms. The van der Waals surface area contributed by atoms with Gasteiger partial charge in [-0.15, -0.1) is 0 Å². The highest BCUT2D eigenvalue weighted by Gasteiger charge is 2.24. The highest BCUT2D eigenvalue weighted by atomic mass is 32.2. The van der Waals surface area contributed by atoms with E-state index in [2.05, 4.69) is 10.3 Å². The van der Waals surface area contributed by atoms with Crippen LogP contribution < -0.4 is 5.32 Å². The van der Waals surface area contributed by atoms with Crippen LogP contribution in [0.3, 0.4) is 0 Å². The second kappa shape index (κ2) is 8.91. The number of sulfonamides is 1. The maximum absolute atomic E-state index is 12.8. The van der Waals surface area contributed by atoms with Crippen molar-refractivity contribution in [1.82, 2.24) is 14.6 Å². The van der Waals surface area contributed by atoms with Gasteiger partial charge in [-0.05, 0) is 42.7 Å². The molecule has 0 radical (unpaired) electrons. The number of nitrogens with one attached hydrogen (secondary N) is 1. The quantitative estimate of drug-likeness (QED) is 0.768. The standard InChI is InChI=1S/C19H25N3O3S/c1-4-22(5-2)26(24,25)18-13-17(9-8-15(18)3)19(23)21-12-10-16-7-6-11-20-14-16/h6-9,11,13-14H,4-5,10,12H2,1-3H3,(H,21,23). The summed E-state index contributed by atoms with van der Waals surface area (Å²) < 4.78 is 26.9. The molecule has 1 aromatic heterocycles. The van der Waals surface area contributed by atoms with Gasteiger partial charge in [-0.2, -0.15) is 4.31 Å². The fourth-order valence-electron chi connectivity index (χ4n) is 2.69. The van der Waals surface area contributed by atoms with E-state index in [9.17, 15) is 13.2 Å². The Hall–Kier alpha value is -2.25. The van der Waals surface area contributed by atoms with Crippen molar-refractivity contribution in [3.63, 3.8) is 0 Å². The van der Waals surface area contributed by atoms with Gasteiger partial charge in [0, 0.05) is 37.6 Å². The van der Waals surface area contributed by atoms with Crippen molar-refractivity contribution in [2.45, 2.75) is 32.1 Å². The Morgan fingerprint density at radius 3 is 2.54 bits per heavy atom. The summed E-state index contributed by atoms with van der Waals surface area (Å²) in [4.78, 5) is 16.6. The summed E-state index contributed by atoms with van der Waals surface area (Å²) >= 11 is 0. The zero-order chi connectivity index (χ0) is 19.2. The number of carbonyl (C=O) groups excluding carboxylic acids is 1. The van der Waals surface area contributed by atoms with Crippen LogP contribution in [0.25, 0.3) is 0 Å². The number of hydrogen-bond donors (Lipinski definition) is 1. The van der Waals surface area contributed by atoms with Crippen molar-refractivity contribution >= 4 is 15.9 Å². The van der Waals surface area contributed by atoms with Gasteiger partial charge in [-0.3, -0.25) is 9.78 Å². The lowest BCUT2D eigenvalue weighted by Gasteiger charge is -2.20. The first-order valence-corrected chi connectivity index (χ1v) is 10.1. The number of pyridine rings is 1. The minimum atomic E-state index is -3.61. The van der Waals surface area contributed by atoms with Crippen LogP contribution in [-0.4, -0.2) is 43.2 Å². The van der Waals surface area contributed by atoms with Gasteiger partial charge in [0.05, 0.1) is 4.90 Å². The zero-order valence-corrected chi connectivity index (χ0v) is 16.2. The number of amides is 1. The fraction of sp³-hybridized carbons (Fsp3) is 0.368. The first-order valence-electron chi connectivity index (χ1n) is 8.68. The molecule has 0 fully saturated rings. The Morgan fingerprint density at radius 1 is 1.19 bits per heavy atom. The highest BCUT2D eigenvalue weighted by Crippen LogP contribution is 2.21. The van der Waals surface area contributed by atoms with Crippen molar-refractivity contribution in [3.05, 3.63) is 59.4 Å². The van der Waals surface area contributed by atoms with Crippen molar-refractivity contribution in [1.29, 1.82) is 0 Å². The molecule has 0 atom stereocenters. The Morgan fingerprint density at radius 2 is 1.92 bits per heavy atom. The first kappa shape index (κ1) is 20.1. The van der Waals surface area contributed by atoms with Crippen LogP contribution >= 0.6 is 0 Å². The van der Waals surface area contributed by atoms with Crippen LogP contribution in [0.1, 0.15) is 35.3 Å². The minimum absolute atomic E-state index is 0.182.